The van der Waals surface area contributed by atoms with Crippen LogP contribution in [0.3, 0.4) is 0 Å². The number of aromatic nitrogens is 3. The fraction of sp³-hybridized carbons (Fsp3) is 0. The van der Waals surface area contributed by atoms with E-state index in [9.17, 15) is 0 Å². The largest absolute Gasteiger partial charge is 0.456 e. The molecule has 9 aromatic rings. The fourth-order valence-corrected chi connectivity index (χ4v) is 6.41. The monoisotopic (exact) mass is 575 g/mol. The number of nitrogens with zero attached hydrogens (tertiary/aromatic N) is 3. The molecule has 0 N–H and O–H groups in total. The SMILES string of the molecule is c1ccc(-c2nc(-c3ccc4oc5ccccc5c4c3)nc(-c3cccc4c(-c5cccc6ccccc56)cccc34)n2)cc1. The Morgan fingerprint density at radius 3 is 1.73 bits per heavy atom. The van der Waals surface area contributed by atoms with Crippen LogP contribution in [0.4, 0.5) is 0 Å². The lowest BCUT2D eigenvalue weighted by atomic mass is 9.92. The van der Waals surface area contributed by atoms with Crippen molar-refractivity contribution in [1.29, 1.82) is 0 Å². The molecule has 7 aromatic carbocycles. The van der Waals surface area contributed by atoms with Crippen LogP contribution in [0.1, 0.15) is 0 Å². The van der Waals surface area contributed by atoms with Crippen LogP contribution in [0, 0.1) is 0 Å². The van der Waals surface area contributed by atoms with Crippen LogP contribution < -0.4 is 0 Å². The van der Waals surface area contributed by atoms with Gasteiger partial charge < -0.3 is 4.42 Å². The van der Waals surface area contributed by atoms with E-state index in [1.807, 2.05) is 60.7 Å². The average Bonchev–Trinajstić information content (AvgIpc) is 3.49. The Morgan fingerprint density at radius 1 is 0.333 bits per heavy atom. The van der Waals surface area contributed by atoms with Gasteiger partial charge in [0, 0.05) is 27.5 Å². The minimum absolute atomic E-state index is 0.619. The van der Waals surface area contributed by atoms with Crippen molar-refractivity contribution in [1.82, 2.24) is 15.0 Å². The number of hydrogen-bond acceptors (Lipinski definition) is 4. The van der Waals surface area contributed by atoms with E-state index >= 15 is 0 Å². The maximum atomic E-state index is 6.10. The first-order chi connectivity index (χ1) is 22.3. The van der Waals surface area contributed by atoms with Crippen molar-refractivity contribution in [2.75, 3.05) is 0 Å². The van der Waals surface area contributed by atoms with Gasteiger partial charge in [-0.2, -0.15) is 0 Å². The second-order valence-electron chi connectivity index (χ2n) is 11.2. The number of para-hydroxylation sites is 1. The molecule has 2 heterocycles. The van der Waals surface area contributed by atoms with Crippen LogP contribution in [0.5, 0.6) is 0 Å². The van der Waals surface area contributed by atoms with Gasteiger partial charge in [0.25, 0.3) is 0 Å². The van der Waals surface area contributed by atoms with Crippen LogP contribution in [0.2, 0.25) is 0 Å². The lowest BCUT2D eigenvalue weighted by Gasteiger charge is -2.13. The number of rotatable bonds is 4. The molecule has 0 radical (unpaired) electrons. The molecule has 0 saturated heterocycles. The summed E-state index contributed by atoms with van der Waals surface area (Å²) in [6, 6.07) is 52.3. The lowest BCUT2D eigenvalue weighted by Crippen LogP contribution is -2.00. The molecule has 9 rings (SSSR count). The Bertz CT molecular complexity index is 2540. The van der Waals surface area contributed by atoms with Crippen LogP contribution in [0.15, 0.2) is 156 Å². The Labute approximate surface area is 259 Å². The van der Waals surface area contributed by atoms with Gasteiger partial charge in [0.15, 0.2) is 17.5 Å². The first kappa shape index (κ1) is 25.4. The maximum absolute atomic E-state index is 6.10. The predicted molar refractivity (Wildman–Crippen MR) is 184 cm³/mol. The zero-order valence-corrected chi connectivity index (χ0v) is 24.2. The summed E-state index contributed by atoms with van der Waals surface area (Å²) in [6.45, 7) is 0. The van der Waals surface area contributed by atoms with Crippen molar-refractivity contribution in [2.24, 2.45) is 0 Å². The molecule has 2 aromatic heterocycles. The van der Waals surface area contributed by atoms with Gasteiger partial charge in [0.2, 0.25) is 0 Å². The quantitative estimate of drug-likeness (QED) is 0.209. The highest BCUT2D eigenvalue weighted by atomic mass is 16.3. The molecule has 0 aliphatic rings. The summed E-state index contributed by atoms with van der Waals surface area (Å²) >= 11 is 0. The highest BCUT2D eigenvalue weighted by Gasteiger charge is 2.17. The van der Waals surface area contributed by atoms with Crippen molar-refractivity contribution in [2.45, 2.75) is 0 Å². The molecule has 0 amide bonds. The van der Waals surface area contributed by atoms with Gasteiger partial charge in [-0.05, 0) is 56.9 Å². The second kappa shape index (κ2) is 10.2. The van der Waals surface area contributed by atoms with E-state index in [2.05, 4.69) is 91.0 Å². The molecule has 4 heteroatoms. The minimum Gasteiger partial charge on any atom is -0.456 e. The van der Waals surface area contributed by atoms with Crippen LogP contribution >= 0.6 is 0 Å². The molecule has 0 bridgehead atoms. The summed E-state index contributed by atoms with van der Waals surface area (Å²) in [5.74, 6) is 1.89. The van der Waals surface area contributed by atoms with Gasteiger partial charge in [-0.3, -0.25) is 0 Å². The third-order valence-corrected chi connectivity index (χ3v) is 8.55. The standard InChI is InChI=1S/C41H25N3O/c1-2-12-27(13-3-1)39-42-40(28-23-24-38-36(25-28)34-16-6-7-22-37(34)45-38)44-41(43-39)35-21-10-19-32-31(18-9-20-33(32)35)30-17-8-14-26-11-4-5-15-29(26)30/h1-25H. The van der Waals surface area contributed by atoms with E-state index in [0.717, 1.165) is 49.4 Å². The van der Waals surface area contributed by atoms with Gasteiger partial charge in [-0.15, -0.1) is 0 Å². The van der Waals surface area contributed by atoms with E-state index in [1.54, 1.807) is 0 Å². The summed E-state index contributed by atoms with van der Waals surface area (Å²) in [4.78, 5) is 15.2. The van der Waals surface area contributed by atoms with Gasteiger partial charge in [-0.25, -0.2) is 15.0 Å². The van der Waals surface area contributed by atoms with Gasteiger partial charge in [0.1, 0.15) is 11.2 Å². The molecule has 0 atom stereocenters. The van der Waals surface area contributed by atoms with Crippen LogP contribution in [-0.2, 0) is 0 Å². The van der Waals surface area contributed by atoms with Gasteiger partial charge in [0.05, 0.1) is 0 Å². The third kappa shape index (κ3) is 4.27. The van der Waals surface area contributed by atoms with E-state index in [-0.39, 0.29) is 0 Å². The summed E-state index contributed by atoms with van der Waals surface area (Å²) in [6.07, 6.45) is 0. The summed E-state index contributed by atoms with van der Waals surface area (Å²) < 4.78 is 6.10. The van der Waals surface area contributed by atoms with E-state index < -0.39 is 0 Å². The van der Waals surface area contributed by atoms with E-state index in [4.69, 9.17) is 19.4 Å². The van der Waals surface area contributed by atoms with Gasteiger partial charge >= 0.3 is 0 Å². The minimum atomic E-state index is 0.619. The third-order valence-electron chi connectivity index (χ3n) is 8.55. The summed E-state index contributed by atoms with van der Waals surface area (Å²) in [5.41, 5.74) is 6.90. The van der Waals surface area contributed by atoms with E-state index in [0.29, 0.717) is 17.5 Å². The van der Waals surface area contributed by atoms with Crippen LogP contribution in [0.25, 0.3) is 88.8 Å². The maximum Gasteiger partial charge on any atom is 0.164 e. The molecular formula is C41H25N3O. The Kier molecular flexibility index (Phi) is 5.78. The van der Waals surface area contributed by atoms with Crippen molar-refractivity contribution >= 4 is 43.5 Å². The van der Waals surface area contributed by atoms with Gasteiger partial charge in [-0.1, -0.05) is 127 Å². The van der Waals surface area contributed by atoms with Crippen molar-refractivity contribution in [3.8, 4) is 45.3 Å². The second-order valence-corrected chi connectivity index (χ2v) is 11.2. The fourth-order valence-electron chi connectivity index (χ4n) is 6.41. The molecule has 210 valence electrons. The Hall–Kier alpha value is -6.13. The predicted octanol–water partition coefficient (Wildman–Crippen LogP) is 10.7. The summed E-state index contributed by atoms with van der Waals surface area (Å²) in [7, 11) is 0. The molecule has 0 saturated carbocycles. The zero-order chi connectivity index (χ0) is 29.7. The average molecular weight is 576 g/mol. The number of benzene rings is 7. The zero-order valence-electron chi connectivity index (χ0n) is 24.2. The topological polar surface area (TPSA) is 51.8 Å². The molecule has 0 fully saturated rings. The Balaban J connectivity index is 1.27. The van der Waals surface area contributed by atoms with Crippen molar-refractivity contribution in [3.05, 3.63) is 152 Å². The normalized spacial score (nSPS) is 11.6. The van der Waals surface area contributed by atoms with Crippen molar-refractivity contribution < 1.29 is 4.42 Å². The molecule has 0 aliphatic carbocycles. The lowest BCUT2D eigenvalue weighted by molar-refractivity contribution is 0.669. The molecule has 0 spiro atoms. The first-order valence-electron chi connectivity index (χ1n) is 15.0. The Morgan fingerprint density at radius 2 is 0.889 bits per heavy atom. The highest BCUT2D eigenvalue weighted by molar-refractivity contribution is 6.09. The molecule has 4 nitrogen and oxygen atoms in total. The summed E-state index contributed by atoms with van der Waals surface area (Å²) in [5, 5.41) is 6.81. The molecule has 0 unspecified atom stereocenters. The molecular weight excluding hydrogens is 550 g/mol. The number of fused-ring (bicyclic) bond motifs is 5. The molecule has 45 heavy (non-hydrogen) atoms. The smallest absolute Gasteiger partial charge is 0.164 e. The number of furan rings is 1. The number of hydrogen-bond donors (Lipinski definition) is 0. The first-order valence-corrected chi connectivity index (χ1v) is 15.0. The van der Waals surface area contributed by atoms with Crippen molar-refractivity contribution in [3.63, 3.8) is 0 Å². The van der Waals surface area contributed by atoms with E-state index in [1.165, 1.54) is 21.9 Å². The highest BCUT2D eigenvalue weighted by Crippen LogP contribution is 2.38. The van der Waals surface area contributed by atoms with Crippen LogP contribution in [-0.4, -0.2) is 15.0 Å². The molecule has 0 aliphatic heterocycles.